The Balaban J connectivity index is 1.80. The number of methoxy groups -OCH3 is 1. The lowest BCUT2D eigenvalue weighted by Gasteiger charge is -2.44. The van der Waals surface area contributed by atoms with Gasteiger partial charge in [0.25, 0.3) is 0 Å². The molecule has 2 rings (SSSR count). The molecule has 1 aliphatic heterocycles. The molecule has 124 valence electrons. The molecule has 0 saturated carbocycles. The van der Waals surface area contributed by atoms with Gasteiger partial charge in [0, 0.05) is 56.7 Å². The molecule has 0 radical (unpaired) electrons. The second-order valence-electron chi connectivity index (χ2n) is 6.16. The van der Waals surface area contributed by atoms with Crippen molar-refractivity contribution in [2.75, 3.05) is 33.4 Å². The van der Waals surface area contributed by atoms with Gasteiger partial charge in [0.05, 0.1) is 0 Å². The Morgan fingerprint density at radius 2 is 2.09 bits per heavy atom. The number of carbonyl (C=O) groups excluding carboxylic acids is 1. The summed E-state index contributed by atoms with van der Waals surface area (Å²) in [5, 5.41) is 2.07. The van der Waals surface area contributed by atoms with Crippen LogP contribution in [0.3, 0.4) is 0 Å². The predicted octanol–water partition coefficient (Wildman–Crippen LogP) is 2.64. The Morgan fingerprint density at radius 1 is 1.36 bits per heavy atom. The number of piperazine rings is 1. The second kappa shape index (κ2) is 8.65. The summed E-state index contributed by atoms with van der Waals surface area (Å²) < 4.78 is 5.14. The largest absolute Gasteiger partial charge is 0.385 e. The number of thiophene rings is 1. The van der Waals surface area contributed by atoms with E-state index in [9.17, 15) is 4.79 Å². The molecule has 5 heteroatoms. The van der Waals surface area contributed by atoms with Crippen molar-refractivity contribution >= 4 is 17.2 Å². The molecule has 2 atom stereocenters. The van der Waals surface area contributed by atoms with Crippen LogP contribution in [-0.4, -0.2) is 61.1 Å². The van der Waals surface area contributed by atoms with Crippen molar-refractivity contribution in [3.05, 3.63) is 22.4 Å². The Morgan fingerprint density at radius 3 is 2.68 bits per heavy atom. The van der Waals surface area contributed by atoms with E-state index in [4.69, 9.17) is 4.74 Å². The topological polar surface area (TPSA) is 32.8 Å². The van der Waals surface area contributed by atoms with Crippen molar-refractivity contribution in [1.29, 1.82) is 0 Å². The van der Waals surface area contributed by atoms with Crippen molar-refractivity contribution in [2.45, 2.75) is 45.2 Å². The number of aryl methyl sites for hydroxylation is 1. The smallest absolute Gasteiger partial charge is 0.223 e. The van der Waals surface area contributed by atoms with Crippen molar-refractivity contribution < 1.29 is 9.53 Å². The summed E-state index contributed by atoms with van der Waals surface area (Å²) in [6, 6.07) is 5.00. The Labute approximate surface area is 138 Å². The molecule has 1 amide bonds. The van der Waals surface area contributed by atoms with E-state index in [0.29, 0.717) is 24.4 Å². The summed E-state index contributed by atoms with van der Waals surface area (Å²) in [6.45, 7) is 8.00. The molecule has 0 N–H and O–H groups in total. The lowest BCUT2D eigenvalue weighted by molar-refractivity contribution is -0.135. The third kappa shape index (κ3) is 4.80. The molecular formula is C17H28N2O2S. The molecule has 1 aromatic rings. The van der Waals surface area contributed by atoms with Gasteiger partial charge in [-0.2, -0.15) is 0 Å². The SMILES string of the molecule is COCCCN1C(C)CN(C(=O)CCc2cccs2)CC1C. The lowest BCUT2D eigenvalue weighted by Crippen LogP contribution is -2.58. The number of nitrogens with zero attached hydrogens (tertiary/aromatic N) is 2. The zero-order valence-electron chi connectivity index (χ0n) is 14.0. The van der Waals surface area contributed by atoms with Gasteiger partial charge in [-0.3, -0.25) is 9.69 Å². The van der Waals surface area contributed by atoms with E-state index in [1.54, 1.807) is 18.4 Å². The van der Waals surface area contributed by atoms with Crippen LogP contribution in [-0.2, 0) is 16.0 Å². The molecular weight excluding hydrogens is 296 g/mol. The average molecular weight is 324 g/mol. The van der Waals surface area contributed by atoms with Gasteiger partial charge >= 0.3 is 0 Å². The number of amides is 1. The van der Waals surface area contributed by atoms with Gasteiger partial charge in [-0.25, -0.2) is 0 Å². The first-order chi connectivity index (χ1) is 10.6. The van der Waals surface area contributed by atoms with Crippen LogP contribution in [0.1, 0.15) is 31.6 Å². The van der Waals surface area contributed by atoms with Gasteiger partial charge in [0.1, 0.15) is 0 Å². The summed E-state index contributed by atoms with van der Waals surface area (Å²) in [6.07, 6.45) is 2.55. The van der Waals surface area contributed by atoms with Crippen LogP contribution in [0.15, 0.2) is 17.5 Å². The zero-order chi connectivity index (χ0) is 15.9. The highest BCUT2D eigenvalue weighted by Gasteiger charge is 2.31. The van der Waals surface area contributed by atoms with Crippen molar-refractivity contribution in [3.8, 4) is 0 Å². The molecule has 4 nitrogen and oxygen atoms in total. The maximum absolute atomic E-state index is 12.4. The molecule has 0 aliphatic carbocycles. The van der Waals surface area contributed by atoms with Crippen LogP contribution >= 0.6 is 11.3 Å². The molecule has 1 fully saturated rings. The highest BCUT2D eigenvalue weighted by molar-refractivity contribution is 7.09. The highest BCUT2D eigenvalue weighted by atomic mass is 32.1. The standard InChI is InChI=1S/C17H28N2O2S/c1-14-12-18(13-15(2)19(14)9-5-10-21-3)17(20)8-7-16-6-4-11-22-16/h4,6,11,14-15H,5,7-10,12-13H2,1-3H3. The highest BCUT2D eigenvalue weighted by Crippen LogP contribution is 2.18. The number of hydrogen-bond acceptors (Lipinski definition) is 4. The van der Waals surface area contributed by atoms with Crippen molar-refractivity contribution in [3.63, 3.8) is 0 Å². The first-order valence-electron chi connectivity index (χ1n) is 8.16. The number of carbonyl (C=O) groups is 1. The fraction of sp³-hybridized carbons (Fsp3) is 0.706. The van der Waals surface area contributed by atoms with Gasteiger partial charge in [0.15, 0.2) is 0 Å². The normalized spacial score (nSPS) is 23.0. The molecule has 1 aromatic heterocycles. The summed E-state index contributed by atoms with van der Waals surface area (Å²) >= 11 is 1.73. The minimum atomic E-state index is 0.295. The van der Waals surface area contributed by atoms with Crippen LogP contribution in [0, 0.1) is 0 Å². The third-order valence-electron chi connectivity index (χ3n) is 4.38. The Hall–Kier alpha value is -0.910. The summed E-state index contributed by atoms with van der Waals surface area (Å²) in [5.41, 5.74) is 0. The van der Waals surface area contributed by atoms with Gasteiger partial charge in [-0.1, -0.05) is 6.07 Å². The lowest BCUT2D eigenvalue weighted by atomic mass is 10.1. The second-order valence-corrected chi connectivity index (χ2v) is 7.19. The molecule has 22 heavy (non-hydrogen) atoms. The number of hydrogen-bond donors (Lipinski definition) is 0. The van der Waals surface area contributed by atoms with Crippen LogP contribution in [0.2, 0.25) is 0 Å². The van der Waals surface area contributed by atoms with Crippen molar-refractivity contribution in [2.24, 2.45) is 0 Å². The molecule has 0 bridgehead atoms. The molecule has 0 aromatic carbocycles. The van der Waals surface area contributed by atoms with E-state index >= 15 is 0 Å². The van der Waals surface area contributed by atoms with Crippen LogP contribution in [0.4, 0.5) is 0 Å². The minimum Gasteiger partial charge on any atom is -0.385 e. The van der Waals surface area contributed by atoms with E-state index in [1.165, 1.54) is 4.88 Å². The van der Waals surface area contributed by atoms with E-state index in [1.807, 2.05) is 6.07 Å². The zero-order valence-corrected chi connectivity index (χ0v) is 14.8. The summed E-state index contributed by atoms with van der Waals surface area (Å²) in [7, 11) is 1.75. The minimum absolute atomic E-state index is 0.295. The molecule has 1 aliphatic rings. The first-order valence-corrected chi connectivity index (χ1v) is 9.04. The Bertz CT molecular complexity index is 438. The molecule has 1 saturated heterocycles. The maximum atomic E-state index is 12.4. The monoisotopic (exact) mass is 324 g/mol. The fourth-order valence-corrected chi connectivity index (χ4v) is 3.94. The molecule has 2 unspecified atom stereocenters. The van der Waals surface area contributed by atoms with Gasteiger partial charge in [-0.15, -0.1) is 11.3 Å². The summed E-state index contributed by atoms with van der Waals surface area (Å²) in [4.78, 5) is 18.3. The quantitative estimate of drug-likeness (QED) is 0.723. The van der Waals surface area contributed by atoms with E-state index < -0.39 is 0 Å². The Kier molecular flexibility index (Phi) is 6.86. The van der Waals surface area contributed by atoms with Crippen molar-refractivity contribution in [1.82, 2.24) is 9.80 Å². The van der Waals surface area contributed by atoms with Crippen LogP contribution in [0.5, 0.6) is 0 Å². The molecule has 0 spiro atoms. The fourth-order valence-electron chi connectivity index (χ4n) is 3.24. The third-order valence-corrected chi connectivity index (χ3v) is 5.32. The number of ether oxygens (including phenoxy) is 1. The average Bonchev–Trinajstić information content (AvgIpc) is 3.00. The van der Waals surface area contributed by atoms with Gasteiger partial charge < -0.3 is 9.64 Å². The predicted molar refractivity (Wildman–Crippen MR) is 91.3 cm³/mol. The van der Waals surface area contributed by atoms with E-state index in [2.05, 4.69) is 35.1 Å². The van der Waals surface area contributed by atoms with E-state index in [-0.39, 0.29) is 0 Å². The first kappa shape index (κ1) is 17.4. The summed E-state index contributed by atoms with van der Waals surface area (Å²) in [5.74, 6) is 0.295. The maximum Gasteiger partial charge on any atom is 0.223 e. The molecule has 2 heterocycles. The van der Waals surface area contributed by atoms with Crippen LogP contribution in [0.25, 0.3) is 0 Å². The number of rotatable bonds is 7. The van der Waals surface area contributed by atoms with Gasteiger partial charge in [0.2, 0.25) is 5.91 Å². The van der Waals surface area contributed by atoms with Crippen LogP contribution < -0.4 is 0 Å². The van der Waals surface area contributed by atoms with Gasteiger partial charge in [-0.05, 0) is 38.1 Å². The van der Waals surface area contributed by atoms with E-state index in [0.717, 1.165) is 39.1 Å².